The fraction of sp³-hybridized carbons (Fsp3) is 0.0769. The van der Waals surface area contributed by atoms with Gasteiger partial charge in [0.1, 0.15) is 11.6 Å². The molecule has 2 rings (SSSR count). The third-order valence-corrected chi connectivity index (χ3v) is 2.20. The van der Waals surface area contributed by atoms with Crippen LogP contribution in [0.2, 0.25) is 0 Å². The summed E-state index contributed by atoms with van der Waals surface area (Å²) in [7, 11) is 0. The molecule has 0 radical (unpaired) electrons. The highest BCUT2D eigenvalue weighted by molar-refractivity contribution is 5.55. The van der Waals surface area contributed by atoms with Crippen LogP contribution in [0.15, 0.2) is 49.2 Å². The minimum atomic E-state index is -0.342. The number of hydrogen-bond acceptors (Lipinski definition) is 4. The van der Waals surface area contributed by atoms with Gasteiger partial charge in [-0.2, -0.15) is 4.98 Å². The number of rotatable bonds is 5. The number of aromatic nitrogens is 2. The van der Waals surface area contributed by atoms with E-state index in [4.69, 9.17) is 0 Å². The SMILES string of the molecule is C=CCNc1ccnc(Nc2ccccc2F)n1. The first kappa shape index (κ1) is 12.0. The van der Waals surface area contributed by atoms with Crippen molar-refractivity contribution < 1.29 is 4.39 Å². The molecule has 0 saturated carbocycles. The monoisotopic (exact) mass is 244 g/mol. The van der Waals surface area contributed by atoms with Crippen LogP contribution < -0.4 is 10.6 Å². The predicted octanol–water partition coefficient (Wildman–Crippen LogP) is 2.96. The summed E-state index contributed by atoms with van der Waals surface area (Å²) in [5.41, 5.74) is 0.346. The zero-order valence-corrected chi connectivity index (χ0v) is 9.73. The first-order chi connectivity index (χ1) is 8.79. The highest BCUT2D eigenvalue weighted by atomic mass is 19.1. The Morgan fingerprint density at radius 3 is 2.89 bits per heavy atom. The van der Waals surface area contributed by atoms with Gasteiger partial charge in [-0.15, -0.1) is 6.58 Å². The van der Waals surface area contributed by atoms with Gasteiger partial charge in [-0.05, 0) is 18.2 Å². The van der Waals surface area contributed by atoms with Gasteiger partial charge in [-0.25, -0.2) is 9.37 Å². The van der Waals surface area contributed by atoms with Crippen LogP contribution in [0.5, 0.6) is 0 Å². The average Bonchev–Trinajstić information content (AvgIpc) is 2.40. The molecular formula is C13H13FN4. The van der Waals surface area contributed by atoms with Crippen molar-refractivity contribution in [3.63, 3.8) is 0 Å². The second-order valence-electron chi connectivity index (χ2n) is 3.54. The van der Waals surface area contributed by atoms with Crippen LogP contribution in [-0.4, -0.2) is 16.5 Å². The quantitative estimate of drug-likeness (QED) is 0.794. The van der Waals surface area contributed by atoms with E-state index in [1.54, 1.807) is 36.5 Å². The fourth-order valence-electron chi connectivity index (χ4n) is 1.38. The van der Waals surface area contributed by atoms with E-state index in [1.807, 2.05) is 0 Å². The predicted molar refractivity (Wildman–Crippen MR) is 70.4 cm³/mol. The molecule has 92 valence electrons. The molecule has 1 aromatic carbocycles. The van der Waals surface area contributed by atoms with Crippen molar-refractivity contribution >= 4 is 17.5 Å². The molecule has 4 nitrogen and oxygen atoms in total. The van der Waals surface area contributed by atoms with Crippen molar-refractivity contribution in [1.82, 2.24) is 9.97 Å². The number of hydrogen-bond donors (Lipinski definition) is 2. The van der Waals surface area contributed by atoms with Crippen molar-refractivity contribution in [3.05, 3.63) is 55.0 Å². The molecule has 0 aliphatic rings. The van der Waals surface area contributed by atoms with Crippen LogP contribution in [0.1, 0.15) is 0 Å². The third kappa shape index (κ3) is 3.04. The third-order valence-electron chi connectivity index (χ3n) is 2.20. The minimum Gasteiger partial charge on any atom is -0.366 e. The Balaban J connectivity index is 2.14. The number of nitrogens with zero attached hydrogens (tertiary/aromatic N) is 2. The van der Waals surface area contributed by atoms with Gasteiger partial charge in [0.2, 0.25) is 5.95 Å². The highest BCUT2D eigenvalue weighted by Gasteiger charge is 2.03. The maximum Gasteiger partial charge on any atom is 0.229 e. The Labute approximate surface area is 105 Å². The van der Waals surface area contributed by atoms with Gasteiger partial charge < -0.3 is 10.6 Å². The van der Waals surface area contributed by atoms with Crippen LogP contribution in [-0.2, 0) is 0 Å². The maximum atomic E-state index is 13.4. The first-order valence-electron chi connectivity index (χ1n) is 5.49. The molecule has 0 bridgehead atoms. The van der Waals surface area contributed by atoms with Gasteiger partial charge in [0, 0.05) is 12.7 Å². The minimum absolute atomic E-state index is 0.342. The van der Waals surface area contributed by atoms with Gasteiger partial charge >= 0.3 is 0 Å². The molecule has 18 heavy (non-hydrogen) atoms. The molecule has 0 unspecified atom stereocenters. The smallest absolute Gasteiger partial charge is 0.229 e. The lowest BCUT2D eigenvalue weighted by atomic mass is 10.3. The van der Waals surface area contributed by atoms with Crippen LogP contribution in [0.25, 0.3) is 0 Å². The summed E-state index contributed by atoms with van der Waals surface area (Å²) in [6.07, 6.45) is 3.33. The van der Waals surface area contributed by atoms with Crippen LogP contribution in [0.3, 0.4) is 0 Å². The Morgan fingerprint density at radius 1 is 1.28 bits per heavy atom. The molecular weight excluding hydrogens is 231 g/mol. The summed E-state index contributed by atoms with van der Waals surface area (Å²) in [5.74, 6) is 0.656. The van der Waals surface area contributed by atoms with E-state index in [-0.39, 0.29) is 5.82 Å². The number of nitrogens with one attached hydrogen (secondary N) is 2. The van der Waals surface area contributed by atoms with Crippen molar-refractivity contribution in [2.75, 3.05) is 17.2 Å². The molecule has 0 aliphatic carbocycles. The first-order valence-corrected chi connectivity index (χ1v) is 5.49. The van der Waals surface area contributed by atoms with Crippen LogP contribution >= 0.6 is 0 Å². The van der Waals surface area contributed by atoms with Crippen LogP contribution in [0.4, 0.5) is 21.8 Å². The van der Waals surface area contributed by atoms with Crippen molar-refractivity contribution in [1.29, 1.82) is 0 Å². The van der Waals surface area contributed by atoms with Crippen LogP contribution in [0, 0.1) is 5.82 Å². The Kier molecular flexibility index (Phi) is 3.86. The van der Waals surface area contributed by atoms with Crippen molar-refractivity contribution in [2.45, 2.75) is 0 Å². The summed E-state index contributed by atoms with van der Waals surface area (Å²) in [5, 5.41) is 5.86. The molecule has 0 spiro atoms. The molecule has 5 heteroatoms. The second-order valence-corrected chi connectivity index (χ2v) is 3.54. The molecule has 0 aliphatic heterocycles. The van der Waals surface area contributed by atoms with E-state index >= 15 is 0 Å². The largest absolute Gasteiger partial charge is 0.366 e. The standard InChI is InChI=1S/C13H13FN4/c1-2-8-15-12-7-9-16-13(18-12)17-11-6-4-3-5-10(11)14/h2-7,9H,1,8H2,(H2,15,16,17,18). The summed E-state index contributed by atoms with van der Waals surface area (Å²) in [6.45, 7) is 4.21. The number of para-hydroxylation sites is 1. The Morgan fingerprint density at radius 2 is 2.11 bits per heavy atom. The second kappa shape index (κ2) is 5.77. The lowest BCUT2D eigenvalue weighted by Gasteiger charge is -2.07. The molecule has 2 N–H and O–H groups in total. The summed E-state index contributed by atoms with van der Waals surface area (Å²) < 4.78 is 13.4. The van der Waals surface area contributed by atoms with Gasteiger partial charge in [0.05, 0.1) is 5.69 Å². The lowest BCUT2D eigenvalue weighted by molar-refractivity contribution is 0.631. The Bertz CT molecular complexity index is 542. The topological polar surface area (TPSA) is 49.8 Å². The lowest BCUT2D eigenvalue weighted by Crippen LogP contribution is -2.04. The van der Waals surface area contributed by atoms with Gasteiger partial charge in [0.15, 0.2) is 0 Å². The Hall–Kier alpha value is -2.43. The molecule has 2 aromatic rings. The van der Waals surface area contributed by atoms with E-state index in [0.29, 0.717) is 24.0 Å². The number of halogens is 1. The summed E-state index contributed by atoms with van der Waals surface area (Å²) >= 11 is 0. The molecule has 1 aromatic heterocycles. The van der Waals surface area contributed by atoms with E-state index in [2.05, 4.69) is 27.2 Å². The fourth-order valence-corrected chi connectivity index (χ4v) is 1.38. The molecule has 0 amide bonds. The van der Waals surface area contributed by atoms with Crippen molar-refractivity contribution in [3.8, 4) is 0 Å². The van der Waals surface area contributed by atoms with E-state index in [1.165, 1.54) is 6.07 Å². The zero-order valence-electron chi connectivity index (χ0n) is 9.73. The van der Waals surface area contributed by atoms with Crippen molar-refractivity contribution in [2.24, 2.45) is 0 Å². The molecule has 0 saturated heterocycles. The van der Waals surface area contributed by atoms with Gasteiger partial charge in [-0.3, -0.25) is 0 Å². The maximum absolute atomic E-state index is 13.4. The van der Waals surface area contributed by atoms with Gasteiger partial charge in [0.25, 0.3) is 0 Å². The summed E-state index contributed by atoms with van der Waals surface area (Å²) in [6, 6.07) is 8.11. The van der Waals surface area contributed by atoms with E-state index in [0.717, 1.165) is 0 Å². The number of anilines is 3. The van der Waals surface area contributed by atoms with E-state index < -0.39 is 0 Å². The zero-order chi connectivity index (χ0) is 12.8. The summed E-state index contributed by atoms with van der Waals surface area (Å²) in [4.78, 5) is 8.23. The normalized spacial score (nSPS) is 9.83. The molecule has 1 heterocycles. The highest BCUT2D eigenvalue weighted by Crippen LogP contribution is 2.17. The average molecular weight is 244 g/mol. The molecule has 0 atom stereocenters. The van der Waals surface area contributed by atoms with E-state index in [9.17, 15) is 4.39 Å². The van der Waals surface area contributed by atoms with Gasteiger partial charge in [-0.1, -0.05) is 18.2 Å². The number of benzene rings is 1. The molecule has 0 fully saturated rings.